The van der Waals surface area contributed by atoms with Gasteiger partial charge in [0.25, 0.3) is 0 Å². The Morgan fingerprint density at radius 2 is 1.90 bits per heavy atom. The molecule has 1 fully saturated rings. The van der Waals surface area contributed by atoms with Crippen LogP contribution in [0.15, 0.2) is 30.3 Å². The average molecular weight is 277 g/mol. The van der Waals surface area contributed by atoms with Gasteiger partial charge in [-0.2, -0.15) is 0 Å². The lowest BCUT2D eigenvalue weighted by Crippen LogP contribution is -2.60. The van der Waals surface area contributed by atoms with Crippen LogP contribution in [0.5, 0.6) is 0 Å². The third kappa shape index (κ3) is 3.81. The number of ether oxygens (including phenoxy) is 1. The fourth-order valence-corrected chi connectivity index (χ4v) is 2.93. The van der Waals surface area contributed by atoms with Crippen molar-refractivity contribution >= 4 is 0 Å². The second-order valence-corrected chi connectivity index (χ2v) is 6.95. The smallest absolute Gasteiger partial charge is 0.0806 e. The molecule has 3 heteroatoms. The molecule has 1 aliphatic rings. The van der Waals surface area contributed by atoms with Crippen molar-refractivity contribution in [2.45, 2.75) is 57.9 Å². The molecule has 20 heavy (non-hydrogen) atoms. The lowest BCUT2D eigenvalue weighted by atomic mass is 9.90. The van der Waals surface area contributed by atoms with E-state index in [1.165, 1.54) is 5.56 Å². The number of hydrogen-bond donors (Lipinski definition) is 1. The van der Waals surface area contributed by atoms with Crippen LogP contribution in [0.2, 0.25) is 0 Å². The fourth-order valence-electron chi connectivity index (χ4n) is 2.93. The zero-order valence-corrected chi connectivity index (χ0v) is 13.1. The Kier molecular flexibility index (Phi) is 4.52. The maximum Gasteiger partial charge on any atom is 0.0806 e. The summed E-state index contributed by atoms with van der Waals surface area (Å²) >= 11 is 0. The molecule has 0 amide bonds. The normalized spacial score (nSPS) is 28.2. The third-order valence-corrected chi connectivity index (χ3v) is 4.10. The number of nitrogens with zero attached hydrogens (tertiary/aromatic N) is 1. The Morgan fingerprint density at radius 1 is 1.25 bits per heavy atom. The molecule has 0 radical (unpaired) electrons. The molecule has 2 atom stereocenters. The van der Waals surface area contributed by atoms with E-state index in [1.54, 1.807) is 0 Å². The Labute approximate surface area is 122 Å². The van der Waals surface area contributed by atoms with E-state index >= 15 is 0 Å². The molecule has 1 saturated heterocycles. The van der Waals surface area contributed by atoms with Crippen LogP contribution in [0.4, 0.5) is 0 Å². The lowest BCUT2D eigenvalue weighted by molar-refractivity contribution is -0.166. The largest absolute Gasteiger partial charge is 0.393 e. The molecular formula is C17H27NO2. The van der Waals surface area contributed by atoms with Crippen LogP contribution in [0.25, 0.3) is 0 Å². The van der Waals surface area contributed by atoms with Gasteiger partial charge in [0.05, 0.1) is 18.3 Å². The highest BCUT2D eigenvalue weighted by Gasteiger charge is 2.41. The Bertz CT molecular complexity index is 430. The molecule has 1 aromatic carbocycles. The number of hydrogen-bond acceptors (Lipinski definition) is 3. The molecule has 1 aliphatic heterocycles. The predicted octanol–water partition coefficient (Wildman–Crippen LogP) is 2.83. The van der Waals surface area contributed by atoms with Crippen molar-refractivity contribution in [1.82, 2.24) is 4.90 Å². The lowest BCUT2D eigenvalue weighted by Gasteiger charge is -2.50. The molecule has 112 valence electrons. The first kappa shape index (κ1) is 15.5. The molecule has 0 aliphatic carbocycles. The van der Waals surface area contributed by atoms with Crippen LogP contribution in [0.3, 0.4) is 0 Å². The van der Waals surface area contributed by atoms with Gasteiger partial charge >= 0.3 is 0 Å². The first-order valence-corrected chi connectivity index (χ1v) is 7.42. The minimum absolute atomic E-state index is 0.0219. The molecule has 0 bridgehead atoms. The minimum Gasteiger partial charge on any atom is -0.393 e. The van der Waals surface area contributed by atoms with E-state index in [-0.39, 0.29) is 17.2 Å². The summed E-state index contributed by atoms with van der Waals surface area (Å²) in [5, 5.41) is 9.68. The van der Waals surface area contributed by atoms with Gasteiger partial charge in [-0.25, -0.2) is 0 Å². The molecule has 1 heterocycles. The SMILES string of the molecule is CC(O)CC1(C)CN(Cc2ccccc2)C(C)(C)CO1. The number of benzene rings is 1. The number of aliphatic hydroxyl groups excluding tert-OH is 1. The van der Waals surface area contributed by atoms with E-state index < -0.39 is 0 Å². The molecule has 2 rings (SSSR count). The molecule has 1 N–H and O–H groups in total. The van der Waals surface area contributed by atoms with Crippen LogP contribution < -0.4 is 0 Å². The van der Waals surface area contributed by atoms with Gasteiger partial charge in [0.2, 0.25) is 0 Å². The van der Waals surface area contributed by atoms with Crippen LogP contribution in [-0.4, -0.2) is 40.4 Å². The Morgan fingerprint density at radius 3 is 2.50 bits per heavy atom. The highest BCUT2D eigenvalue weighted by molar-refractivity contribution is 5.15. The zero-order chi connectivity index (χ0) is 14.8. The monoisotopic (exact) mass is 277 g/mol. The fraction of sp³-hybridized carbons (Fsp3) is 0.647. The zero-order valence-electron chi connectivity index (χ0n) is 13.1. The van der Waals surface area contributed by atoms with Crippen molar-refractivity contribution in [3.63, 3.8) is 0 Å². The van der Waals surface area contributed by atoms with E-state index in [1.807, 2.05) is 13.0 Å². The van der Waals surface area contributed by atoms with E-state index in [2.05, 4.69) is 49.9 Å². The van der Waals surface area contributed by atoms with Gasteiger partial charge in [-0.05, 0) is 33.3 Å². The predicted molar refractivity (Wildman–Crippen MR) is 81.6 cm³/mol. The van der Waals surface area contributed by atoms with Crippen molar-refractivity contribution in [2.24, 2.45) is 0 Å². The molecule has 0 saturated carbocycles. The molecule has 2 unspecified atom stereocenters. The number of morpholine rings is 1. The van der Waals surface area contributed by atoms with Crippen molar-refractivity contribution < 1.29 is 9.84 Å². The van der Waals surface area contributed by atoms with E-state index in [9.17, 15) is 5.11 Å². The van der Waals surface area contributed by atoms with Gasteiger partial charge in [-0.1, -0.05) is 30.3 Å². The maximum atomic E-state index is 9.68. The Balaban J connectivity index is 2.11. The summed E-state index contributed by atoms with van der Waals surface area (Å²) in [4.78, 5) is 2.47. The van der Waals surface area contributed by atoms with Gasteiger partial charge in [0.15, 0.2) is 0 Å². The Hall–Kier alpha value is -0.900. The summed E-state index contributed by atoms with van der Waals surface area (Å²) in [6.07, 6.45) is 0.341. The van der Waals surface area contributed by atoms with E-state index in [0.29, 0.717) is 13.0 Å². The van der Waals surface area contributed by atoms with Crippen LogP contribution in [-0.2, 0) is 11.3 Å². The maximum absolute atomic E-state index is 9.68. The highest BCUT2D eigenvalue weighted by atomic mass is 16.5. The van der Waals surface area contributed by atoms with E-state index in [0.717, 1.165) is 13.1 Å². The third-order valence-electron chi connectivity index (χ3n) is 4.10. The summed E-state index contributed by atoms with van der Waals surface area (Å²) in [5.74, 6) is 0. The van der Waals surface area contributed by atoms with Gasteiger partial charge in [-0.15, -0.1) is 0 Å². The standard InChI is InChI=1S/C17H27NO2/c1-14(19)10-17(4)12-18(16(2,3)13-20-17)11-15-8-6-5-7-9-15/h5-9,14,19H,10-13H2,1-4H3. The first-order valence-electron chi connectivity index (χ1n) is 7.42. The van der Waals surface area contributed by atoms with Crippen molar-refractivity contribution in [2.75, 3.05) is 13.2 Å². The topological polar surface area (TPSA) is 32.7 Å². The summed E-state index contributed by atoms with van der Waals surface area (Å²) in [6, 6.07) is 10.5. The van der Waals surface area contributed by atoms with Crippen molar-refractivity contribution in [3.05, 3.63) is 35.9 Å². The van der Waals surface area contributed by atoms with Gasteiger partial charge in [0, 0.05) is 25.0 Å². The van der Waals surface area contributed by atoms with Crippen LogP contribution in [0.1, 0.15) is 39.7 Å². The summed E-state index contributed by atoms with van der Waals surface area (Å²) in [5.41, 5.74) is 1.08. The molecular weight excluding hydrogens is 250 g/mol. The van der Waals surface area contributed by atoms with E-state index in [4.69, 9.17) is 4.74 Å². The first-order chi connectivity index (χ1) is 9.31. The van der Waals surface area contributed by atoms with Crippen molar-refractivity contribution in [1.29, 1.82) is 0 Å². The summed E-state index contributed by atoms with van der Waals surface area (Å²) in [7, 11) is 0. The average Bonchev–Trinajstić information content (AvgIpc) is 2.35. The summed E-state index contributed by atoms with van der Waals surface area (Å²) in [6.45, 7) is 10.8. The number of aliphatic hydroxyl groups is 1. The molecule has 3 nitrogen and oxygen atoms in total. The van der Waals surface area contributed by atoms with Gasteiger partial charge < -0.3 is 9.84 Å². The molecule has 0 spiro atoms. The van der Waals surface area contributed by atoms with Crippen LogP contribution in [0, 0.1) is 0 Å². The van der Waals surface area contributed by atoms with Crippen LogP contribution >= 0.6 is 0 Å². The summed E-state index contributed by atoms with van der Waals surface area (Å²) < 4.78 is 6.06. The number of rotatable bonds is 4. The van der Waals surface area contributed by atoms with Gasteiger partial charge in [-0.3, -0.25) is 4.90 Å². The quantitative estimate of drug-likeness (QED) is 0.918. The van der Waals surface area contributed by atoms with Crippen molar-refractivity contribution in [3.8, 4) is 0 Å². The highest BCUT2D eigenvalue weighted by Crippen LogP contribution is 2.32. The second kappa shape index (κ2) is 5.84. The minimum atomic E-state index is -0.334. The molecule has 1 aromatic rings. The molecule has 0 aromatic heterocycles. The van der Waals surface area contributed by atoms with Gasteiger partial charge in [0.1, 0.15) is 0 Å². The second-order valence-electron chi connectivity index (χ2n) is 6.95.